The second-order valence-corrected chi connectivity index (χ2v) is 8.48. The third-order valence-electron chi connectivity index (χ3n) is 5.97. The van der Waals surface area contributed by atoms with E-state index >= 15 is 0 Å². The molecule has 0 saturated heterocycles. The smallest absolute Gasteiger partial charge is 0.153 e. The van der Waals surface area contributed by atoms with Crippen LogP contribution < -0.4 is 4.90 Å². The van der Waals surface area contributed by atoms with E-state index in [9.17, 15) is 0 Å². The molecule has 0 spiro atoms. The second-order valence-electron chi connectivity index (χ2n) is 7.66. The Hall–Kier alpha value is -2.72. The van der Waals surface area contributed by atoms with Crippen LogP contribution in [-0.2, 0) is 19.5 Å². The van der Waals surface area contributed by atoms with Crippen LogP contribution in [0.15, 0.2) is 71.8 Å². The summed E-state index contributed by atoms with van der Waals surface area (Å²) >= 11 is 1.83. The van der Waals surface area contributed by atoms with Crippen molar-refractivity contribution >= 4 is 28.5 Å². The maximum atomic E-state index is 4.89. The summed E-state index contributed by atoms with van der Waals surface area (Å²) < 4.78 is 2.46. The fourth-order valence-electron chi connectivity index (χ4n) is 4.51. The Morgan fingerprint density at radius 2 is 1.72 bits per heavy atom. The normalized spacial score (nSPS) is 13.7. The molecular formula is C25H25N3S. The van der Waals surface area contributed by atoms with Gasteiger partial charge in [-0.2, -0.15) is 0 Å². The molecule has 0 radical (unpaired) electrons. The summed E-state index contributed by atoms with van der Waals surface area (Å²) in [6, 6.07) is 21.7. The number of thioether (sulfide) groups is 1. The van der Waals surface area contributed by atoms with Gasteiger partial charge in [0.25, 0.3) is 0 Å². The average molecular weight is 400 g/mol. The molecule has 0 N–H and O–H groups in total. The molecule has 0 bridgehead atoms. The number of rotatable bonds is 4. The van der Waals surface area contributed by atoms with Gasteiger partial charge in [0.2, 0.25) is 0 Å². The number of fused-ring (bicyclic) bond motifs is 2. The van der Waals surface area contributed by atoms with Gasteiger partial charge in [-0.1, -0.05) is 54.6 Å². The number of anilines is 1. The van der Waals surface area contributed by atoms with Crippen molar-refractivity contribution in [1.29, 1.82) is 0 Å². The van der Waals surface area contributed by atoms with Gasteiger partial charge in [0.1, 0.15) is 0 Å². The summed E-state index contributed by atoms with van der Waals surface area (Å²) in [6.07, 6.45) is 5.22. The van der Waals surface area contributed by atoms with Gasteiger partial charge in [-0.05, 0) is 42.4 Å². The van der Waals surface area contributed by atoms with Crippen LogP contribution >= 0.6 is 11.8 Å². The largest absolute Gasteiger partial charge is 0.350 e. The average Bonchev–Trinajstić information content (AvgIpc) is 3.05. The molecule has 1 aliphatic rings. The van der Waals surface area contributed by atoms with E-state index in [1.807, 2.05) is 18.0 Å². The summed E-state index contributed by atoms with van der Waals surface area (Å²) in [5.74, 6) is 1.11. The molecule has 4 aromatic rings. The number of pyridine rings is 1. The van der Waals surface area contributed by atoms with E-state index in [0.717, 1.165) is 31.9 Å². The van der Waals surface area contributed by atoms with Crippen molar-refractivity contribution in [2.24, 2.45) is 0 Å². The first-order valence-electron chi connectivity index (χ1n) is 10.1. The van der Waals surface area contributed by atoms with E-state index in [1.54, 1.807) is 0 Å². The van der Waals surface area contributed by atoms with Gasteiger partial charge in [-0.25, -0.2) is 4.98 Å². The summed E-state index contributed by atoms with van der Waals surface area (Å²) in [7, 11) is 0. The first kappa shape index (κ1) is 18.3. The Morgan fingerprint density at radius 1 is 0.966 bits per heavy atom. The van der Waals surface area contributed by atoms with Crippen LogP contribution in [0, 0.1) is 6.92 Å². The van der Waals surface area contributed by atoms with Crippen LogP contribution in [0.25, 0.3) is 10.9 Å². The maximum absolute atomic E-state index is 4.89. The van der Waals surface area contributed by atoms with Crippen LogP contribution in [0.3, 0.4) is 0 Å². The molecule has 2 aromatic carbocycles. The number of benzene rings is 2. The molecule has 0 atom stereocenters. The van der Waals surface area contributed by atoms with Crippen LogP contribution in [0.5, 0.6) is 0 Å². The molecule has 0 amide bonds. The zero-order valence-corrected chi connectivity index (χ0v) is 17.7. The van der Waals surface area contributed by atoms with Crippen LogP contribution in [0.1, 0.15) is 22.4 Å². The highest BCUT2D eigenvalue weighted by Crippen LogP contribution is 2.38. The predicted octanol–water partition coefficient (Wildman–Crippen LogP) is 5.68. The summed E-state index contributed by atoms with van der Waals surface area (Å²) in [5, 5.41) is 1.31. The van der Waals surface area contributed by atoms with E-state index in [2.05, 4.69) is 83.3 Å². The molecule has 3 nitrogen and oxygen atoms in total. The number of aromatic nitrogens is 2. The quantitative estimate of drug-likeness (QED) is 0.412. The van der Waals surface area contributed by atoms with Crippen molar-refractivity contribution < 1.29 is 0 Å². The third-order valence-corrected chi connectivity index (χ3v) is 6.89. The summed E-state index contributed by atoms with van der Waals surface area (Å²) in [5.41, 5.74) is 6.79. The summed E-state index contributed by atoms with van der Waals surface area (Å²) in [4.78, 5) is 8.70. The highest BCUT2D eigenvalue weighted by atomic mass is 32.2. The van der Waals surface area contributed by atoms with Crippen molar-refractivity contribution in [3.05, 3.63) is 89.2 Å². The zero-order chi connectivity index (χ0) is 19.8. The second kappa shape index (κ2) is 7.60. The SMILES string of the molecule is CSc1c(C)n(Cc2ccccc2)c2c(N3CCc4ccccc4C3)nccc12. The molecule has 1 aliphatic heterocycles. The minimum atomic E-state index is 0.868. The van der Waals surface area contributed by atoms with Gasteiger partial charge in [0, 0.05) is 41.8 Å². The molecular weight excluding hydrogens is 374 g/mol. The minimum absolute atomic E-state index is 0.868. The van der Waals surface area contributed by atoms with Crippen LogP contribution in [-0.4, -0.2) is 22.4 Å². The van der Waals surface area contributed by atoms with E-state index in [4.69, 9.17) is 4.98 Å². The molecule has 29 heavy (non-hydrogen) atoms. The van der Waals surface area contributed by atoms with Crippen molar-refractivity contribution in [3.63, 3.8) is 0 Å². The van der Waals surface area contributed by atoms with Gasteiger partial charge in [0.15, 0.2) is 5.82 Å². The van der Waals surface area contributed by atoms with E-state index in [1.165, 1.54) is 38.2 Å². The number of nitrogens with zero attached hydrogens (tertiary/aromatic N) is 3. The Morgan fingerprint density at radius 3 is 2.52 bits per heavy atom. The van der Waals surface area contributed by atoms with Gasteiger partial charge in [-0.3, -0.25) is 0 Å². The van der Waals surface area contributed by atoms with Crippen LogP contribution in [0.2, 0.25) is 0 Å². The zero-order valence-electron chi connectivity index (χ0n) is 16.9. The molecule has 146 valence electrons. The Kier molecular flexibility index (Phi) is 4.80. The maximum Gasteiger partial charge on any atom is 0.153 e. The molecule has 0 fully saturated rings. The lowest BCUT2D eigenvalue weighted by molar-refractivity contribution is 0.717. The first-order valence-corrected chi connectivity index (χ1v) is 11.4. The Bertz CT molecular complexity index is 1160. The van der Waals surface area contributed by atoms with Gasteiger partial charge >= 0.3 is 0 Å². The molecule has 0 unspecified atom stereocenters. The molecule has 3 heterocycles. The summed E-state index contributed by atoms with van der Waals surface area (Å²) in [6.45, 7) is 5.04. The van der Waals surface area contributed by atoms with Gasteiger partial charge in [0.05, 0.1) is 5.52 Å². The van der Waals surface area contributed by atoms with Gasteiger partial charge in [-0.15, -0.1) is 11.8 Å². The fourth-order valence-corrected chi connectivity index (χ4v) is 5.30. The van der Waals surface area contributed by atoms with Crippen molar-refractivity contribution in [1.82, 2.24) is 9.55 Å². The highest BCUT2D eigenvalue weighted by Gasteiger charge is 2.23. The first-order chi connectivity index (χ1) is 14.3. The molecule has 2 aromatic heterocycles. The van der Waals surface area contributed by atoms with E-state index < -0.39 is 0 Å². The fraction of sp³-hybridized carbons (Fsp3) is 0.240. The topological polar surface area (TPSA) is 21.1 Å². The van der Waals surface area contributed by atoms with Crippen LogP contribution in [0.4, 0.5) is 5.82 Å². The monoisotopic (exact) mass is 399 g/mol. The molecule has 0 aliphatic carbocycles. The Labute approximate surface area is 176 Å². The standard InChI is InChI=1S/C25H25N3S/c1-18-24(29-2)22-12-14-26-25(23(22)28(18)16-19-8-4-3-5-9-19)27-15-13-20-10-6-7-11-21(20)17-27/h3-12,14H,13,15-17H2,1-2H3. The van der Waals surface area contributed by atoms with Crippen molar-refractivity contribution in [2.75, 3.05) is 17.7 Å². The van der Waals surface area contributed by atoms with Crippen molar-refractivity contribution in [2.45, 2.75) is 31.3 Å². The highest BCUT2D eigenvalue weighted by molar-refractivity contribution is 7.98. The lowest BCUT2D eigenvalue weighted by atomic mass is 10.00. The molecule has 0 saturated carbocycles. The number of hydrogen-bond acceptors (Lipinski definition) is 3. The predicted molar refractivity (Wildman–Crippen MR) is 123 cm³/mol. The lowest BCUT2D eigenvalue weighted by Crippen LogP contribution is -2.31. The third kappa shape index (κ3) is 3.22. The Balaban J connectivity index is 1.65. The lowest BCUT2D eigenvalue weighted by Gasteiger charge is -2.30. The molecule has 5 rings (SSSR count). The van der Waals surface area contributed by atoms with Crippen molar-refractivity contribution in [3.8, 4) is 0 Å². The minimum Gasteiger partial charge on any atom is -0.350 e. The van der Waals surface area contributed by atoms with E-state index in [-0.39, 0.29) is 0 Å². The number of hydrogen-bond donors (Lipinski definition) is 0. The van der Waals surface area contributed by atoms with E-state index in [0.29, 0.717) is 0 Å². The van der Waals surface area contributed by atoms with Gasteiger partial charge < -0.3 is 9.47 Å². The molecule has 4 heteroatoms.